The van der Waals surface area contributed by atoms with E-state index >= 15 is 0 Å². The Kier molecular flexibility index (Phi) is 4.87. The van der Waals surface area contributed by atoms with E-state index in [0.29, 0.717) is 19.6 Å². The first-order chi connectivity index (χ1) is 9.01. The molecule has 6 heteroatoms. The molecule has 0 bridgehead atoms. The molecule has 2 aliphatic rings. The summed E-state index contributed by atoms with van der Waals surface area (Å²) in [4.78, 5) is 0. The van der Waals surface area contributed by atoms with Gasteiger partial charge in [-0.3, -0.25) is 0 Å². The number of rotatable bonds is 7. The molecule has 1 aliphatic carbocycles. The van der Waals surface area contributed by atoms with Crippen LogP contribution in [0.5, 0.6) is 0 Å². The molecule has 1 heterocycles. The Morgan fingerprint density at radius 3 is 2.74 bits per heavy atom. The van der Waals surface area contributed by atoms with Gasteiger partial charge in [0.15, 0.2) is 0 Å². The Hall–Kier alpha value is -0.170. The van der Waals surface area contributed by atoms with Gasteiger partial charge in [0.1, 0.15) is 0 Å². The predicted molar refractivity (Wildman–Crippen MR) is 74.9 cm³/mol. The fourth-order valence-electron chi connectivity index (χ4n) is 2.95. The number of hydrogen-bond donors (Lipinski definition) is 2. The summed E-state index contributed by atoms with van der Waals surface area (Å²) in [5.74, 6) is 0.0934. The molecule has 1 atom stereocenters. The molecule has 2 rings (SSSR count). The predicted octanol–water partition coefficient (Wildman–Crippen LogP) is 1.11. The normalized spacial score (nSPS) is 27.4. The van der Waals surface area contributed by atoms with Crippen LogP contribution in [-0.4, -0.2) is 44.1 Å². The molecule has 112 valence electrons. The summed E-state index contributed by atoms with van der Waals surface area (Å²) in [6.07, 6.45) is 6.26. The SMILES string of the molecule is CCCC1(CNS(=O)(=O)N2CCCC(CO)C2)CC1. The number of nitrogens with one attached hydrogen (secondary N) is 1. The minimum Gasteiger partial charge on any atom is -0.396 e. The lowest BCUT2D eigenvalue weighted by Gasteiger charge is -2.31. The van der Waals surface area contributed by atoms with Gasteiger partial charge in [0, 0.05) is 26.2 Å². The number of aliphatic hydroxyl groups is 1. The molecule has 2 fully saturated rings. The molecule has 2 N–H and O–H groups in total. The summed E-state index contributed by atoms with van der Waals surface area (Å²) in [5, 5.41) is 9.17. The molecule has 1 saturated carbocycles. The zero-order chi connectivity index (χ0) is 13.9. The van der Waals surface area contributed by atoms with Crippen molar-refractivity contribution in [3.8, 4) is 0 Å². The molecular formula is C13H26N2O3S. The summed E-state index contributed by atoms with van der Waals surface area (Å²) in [7, 11) is -3.37. The quantitative estimate of drug-likeness (QED) is 0.738. The van der Waals surface area contributed by atoms with Crippen LogP contribution in [0.2, 0.25) is 0 Å². The zero-order valence-electron chi connectivity index (χ0n) is 11.8. The molecule has 0 amide bonds. The van der Waals surface area contributed by atoms with Crippen molar-refractivity contribution in [1.29, 1.82) is 0 Å². The lowest BCUT2D eigenvalue weighted by atomic mass is 10.0. The Labute approximate surface area is 116 Å². The van der Waals surface area contributed by atoms with E-state index in [9.17, 15) is 13.5 Å². The van der Waals surface area contributed by atoms with Gasteiger partial charge in [-0.05, 0) is 43.4 Å². The van der Waals surface area contributed by atoms with Gasteiger partial charge in [0.2, 0.25) is 0 Å². The van der Waals surface area contributed by atoms with Crippen LogP contribution in [0.25, 0.3) is 0 Å². The second-order valence-corrected chi connectivity index (χ2v) is 7.88. The molecule has 0 radical (unpaired) electrons. The van der Waals surface area contributed by atoms with Gasteiger partial charge in [-0.15, -0.1) is 0 Å². The summed E-state index contributed by atoms with van der Waals surface area (Å²) in [6, 6.07) is 0. The van der Waals surface area contributed by atoms with Crippen molar-refractivity contribution in [3.63, 3.8) is 0 Å². The molecule has 1 saturated heterocycles. The third kappa shape index (κ3) is 3.90. The lowest BCUT2D eigenvalue weighted by molar-refractivity contribution is 0.164. The lowest BCUT2D eigenvalue weighted by Crippen LogP contribution is -2.47. The Bertz CT molecular complexity index is 393. The van der Waals surface area contributed by atoms with E-state index in [1.165, 1.54) is 4.31 Å². The maximum Gasteiger partial charge on any atom is 0.279 e. The molecule has 1 unspecified atom stereocenters. The van der Waals surface area contributed by atoms with Gasteiger partial charge in [-0.2, -0.15) is 12.7 Å². The van der Waals surface area contributed by atoms with E-state index in [1.807, 2.05) is 0 Å². The molecular weight excluding hydrogens is 264 g/mol. The van der Waals surface area contributed by atoms with E-state index in [4.69, 9.17) is 0 Å². The van der Waals surface area contributed by atoms with Crippen LogP contribution in [0.1, 0.15) is 45.4 Å². The van der Waals surface area contributed by atoms with Crippen LogP contribution in [0.4, 0.5) is 0 Å². The van der Waals surface area contributed by atoms with Crippen molar-refractivity contribution in [2.45, 2.75) is 45.4 Å². The van der Waals surface area contributed by atoms with E-state index in [2.05, 4.69) is 11.6 Å². The minimum atomic E-state index is -3.37. The summed E-state index contributed by atoms with van der Waals surface area (Å²) < 4.78 is 28.8. The van der Waals surface area contributed by atoms with Gasteiger partial charge in [-0.25, -0.2) is 4.72 Å². The topological polar surface area (TPSA) is 69.6 Å². The van der Waals surface area contributed by atoms with Gasteiger partial charge in [0.25, 0.3) is 10.2 Å². The standard InChI is InChI=1S/C13H26N2O3S/c1-2-5-13(6-7-13)11-14-19(17,18)15-8-3-4-12(9-15)10-16/h12,14,16H,2-11H2,1H3. The number of nitrogens with zero attached hydrogens (tertiary/aromatic N) is 1. The third-order valence-electron chi connectivity index (χ3n) is 4.45. The fourth-order valence-corrected chi connectivity index (χ4v) is 4.40. The van der Waals surface area contributed by atoms with Crippen molar-refractivity contribution >= 4 is 10.2 Å². The average molecular weight is 290 g/mol. The fraction of sp³-hybridized carbons (Fsp3) is 1.00. The highest BCUT2D eigenvalue weighted by Crippen LogP contribution is 2.49. The average Bonchev–Trinajstić information content (AvgIpc) is 3.18. The van der Waals surface area contributed by atoms with Crippen LogP contribution in [0, 0.1) is 11.3 Å². The molecule has 0 spiro atoms. The first kappa shape index (κ1) is 15.2. The summed E-state index contributed by atoms with van der Waals surface area (Å²) >= 11 is 0. The number of aliphatic hydroxyl groups excluding tert-OH is 1. The van der Waals surface area contributed by atoms with Gasteiger partial charge in [0.05, 0.1) is 0 Å². The molecule has 0 aromatic rings. The molecule has 0 aromatic carbocycles. The second kappa shape index (κ2) is 6.08. The van der Waals surface area contributed by atoms with Crippen LogP contribution in [0.15, 0.2) is 0 Å². The van der Waals surface area contributed by atoms with Crippen LogP contribution in [0.3, 0.4) is 0 Å². The maximum atomic E-state index is 12.3. The van der Waals surface area contributed by atoms with Crippen LogP contribution < -0.4 is 4.72 Å². The first-order valence-electron chi connectivity index (χ1n) is 7.37. The number of piperidine rings is 1. The van der Waals surface area contributed by atoms with Crippen molar-refractivity contribution in [2.75, 3.05) is 26.2 Å². The highest BCUT2D eigenvalue weighted by molar-refractivity contribution is 7.87. The molecule has 0 aromatic heterocycles. The van der Waals surface area contributed by atoms with E-state index in [0.717, 1.165) is 38.5 Å². The first-order valence-corrected chi connectivity index (χ1v) is 8.81. The van der Waals surface area contributed by atoms with Crippen molar-refractivity contribution < 1.29 is 13.5 Å². The van der Waals surface area contributed by atoms with Gasteiger partial charge < -0.3 is 5.11 Å². The van der Waals surface area contributed by atoms with Crippen molar-refractivity contribution in [2.24, 2.45) is 11.3 Å². The van der Waals surface area contributed by atoms with Gasteiger partial charge in [-0.1, -0.05) is 13.3 Å². The van der Waals surface area contributed by atoms with Gasteiger partial charge >= 0.3 is 0 Å². The summed E-state index contributed by atoms with van der Waals surface area (Å²) in [5.41, 5.74) is 0.230. The van der Waals surface area contributed by atoms with Crippen molar-refractivity contribution in [1.82, 2.24) is 9.03 Å². The molecule has 1 aliphatic heterocycles. The smallest absolute Gasteiger partial charge is 0.279 e. The largest absolute Gasteiger partial charge is 0.396 e. The third-order valence-corrected chi connectivity index (χ3v) is 5.97. The zero-order valence-corrected chi connectivity index (χ0v) is 12.6. The van der Waals surface area contributed by atoms with E-state index in [-0.39, 0.29) is 17.9 Å². The Morgan fingerprint density at radius 2 is 2.16 bits per heavy atom. The van der Waals surface area contributed by atoms with E-state index < -0.39 is 10.2 Å². The maximum absolute atomic E-state index is 12.3. The highest BCUT2D eigenvalue weighted by Gasteiger charge is 2.42. The Morgan fingerprint density at radius 1 is 1.42 bits per heavy atom. The summed E-state index contributed by atoms with van der Waals surface area (Å²) in [6.45, 7) is 3.82. The van der Waals surface area contributed by atoms with Crippen LogP contribution >= 0.6 is 0 Å². The molecule has 5 nitrogen and oxygen atoms in total. The minimum absolute atomic E-state index is 0.0752. The monoisotopic (exact) mass is 290 g/mol. The second-order valence-electron chi connectivity index (χ2n) is 6.12. The number of hydrogen-bond acceptors (Lipinski definition) is 3. The Balaban J connectivity index is 1.87. The van der Waals surface area contributed by atoms with Crippen LogP contribution in [-0.2, 0) is 10.2 Å². The molecule has 19 heavy (non-hydrogen) atoms. The highest BCUT2D eigenvalue weighted by atomic mass is 32.2. The van der Waals surface area contributed by atoms with E-state index in [1.54, 1.807) is 0 Å². The van der Waals surface area contributed by atoms with Crippen molar-refractivity contribution in [3.05, 3.63) is 0 Å².